The van der Waals surface area contributed by atoms with Crippen molar-refractivity contribution in [3.05, 3.63) is 17.7 Å². The lowest BCUT2D eigenvalue weighted by molar-refractivity contribution is 0.282. The summed E-state index contributed by atoms with van der Waals surface area (Å²) in [5.74, 6) is 0. The van der Waals surface area contributed by atoms with Crippen molar-refractivity contribution in [2.45, 2.75) is 36.6 Å². The largest absolute Gasteiger partial charge is 0.308 e. The van der Waals surface area contributed by atoms with Gasteiger partial charge in [0.1, 0.15) is 4.90 Å². The minimum atomic E-state index is -3.57. The molecule has 1 aromatic heterocycles. The number of aromatic nitrogens is 2. The Labute approximate surface area is 131 Å². The van der Waals surface area contributed by atoms with Crippen LogP contribution < -0.4 is 0 Å². The molecule has 118 valence electrons. The van der Waals surface area contributed by atoms with Crippen molar-refractivity contribution >= 4 is 21.6 Å². The van der Waals surface area contributed by atoms with Gasteiger partial charge in [-0.05, 0) is 38.5 Å². The van der Waals surface area contributed by atoms with Gasteiger partial charge in [0.25, 0.3) is 0 Å². The lowest BCUT2D eigenvalue weighted by Gasteiger charge is -2.29. The van der Waals surface area contributed by atoms with E-state index in [4.69, 9.17) is 11.6 Å². The maximum atomic E-state index is 12.8. The van der Waals surface area contributed by atoms with Gasteiger partial charge in [0.15, 0.2) is 0 Å². The molecule has 0 aromatic carbocycles. The molecule has 1 aliphatic carbocycles. The van der Waals surface area contributed by atoms with E-state index in [1.54, 1.807) is 4.31 Å². The molecule has 1 fully saturated rings. The Kier molecular flexibility index (Phi) is 5.54. The van der Waals surface area contributed by atoms with Gasteiger partial charge in [-0.2, -0.15) is 4.31 Å². The van der Waals surface area contributed by atoms with E-state index in [0.717, 1.165) is 25.7 Å². The van der Waals surface area contributed by atoms with Crippen LogP contribution in [0.15, 0.2) is 17.3 Å². The minimum absolute atomic E-state index is 0.0506. The van der Waals surface area contributed by atoms with Crippen molar-refractivity contribution in [3.63, 3.8) is 0 Å². The van der Waals surface area contributed by atoms with Crippen molar-refractivity contribution in [1.82, 2.24) is 19.2 Å². The smallest absolute Gasteiger partial charge is 0.246 e. The molecule has 8 heteroatoms. The van der Waals surface area contributed by atoms with Crippen molar-refractivity contribution in [1.29, 1.82) is 0 Å². The molecule has 1 aromatic rings. The van der Waals surface area contributed by atoms with E-state index in [1.165, 1.54) is 12.4 Å². The molecule has 2 rings (SSSR count). The predicted molar refractivity (Wildman–Crippen MR) is 81.7 cm³/mol. The normalized spacial score (nSPS) is 17.0. The number of sulfonamides is 1. The number of hydrogen-bond acceptors (Lipinski definition) is 5. The van der Waals surface area contributed by atoms with Crippen LogP contribution >= 0.6 is 11.6 Å². The molecule has 21 heavy (non-hydrogen) atoms. The zero-order chi connectivity index (χ0) is 15.5. The second-order valence-corrected chi connectivity index (χ2v) is 7.77. The van der Waals surface area contributed by atoms with Gasteiger partial charge in [-0.1, -0.05) is 12.8 Å². The average Bonchev–Trinajstić information content (AvgIpc) is 2.92. The maximum absolute atomic E-state index is 12.8. The van der Waals surface area contributed by atoms with Crippen molar-refractivity contribution in [2.75, 3.05) is 27.2 Å². The summed E-state index contributed by atoms with van der Waals surface area (Å²) < 4.78 is 27.3. The van der Waals surface area contributed by atoms with Gasteiger partial charge in [-0.15, -0.1) is 0 Å². The SMILES string of the molecule is CN(C)CCN(C1CCCC1)S(=O)(=O)c1cnc(Cl)nc1. The lowest BCUT2D eigenvalue weighted by atomic mass is 10.2. The van der Waals surface area contributed by atoms with Crippen LogP contribution in [0.25, 0.3) is 0 Å². The summed E-state index contributed by atoms with van der Waals surface area (Å²) in [4.78, 5) is 9.67. The molecule has 0 saturated heterocycles. The predicted octanol–water partition coefficient (Wildman–Crippen LogP) is 1.62. The van der Waals surface area contributed by atoms with Gasteiger partial charge in [-0.25, -0.2) is 18.4 Å². The topological polar surface area (TPSA) is 66.4 Å². The first-order chi connectivity index (χ1) is 9.91. The highest BCUT2D eigenvalue weighted by atomic mass is 35.5. The fraction of sp³-hybridized carbons (Fsp3) is 0.692. The summed E-state index contributed by atoms with van der Waals surface area (Å²) >= 11 is 5.63. The fourth-order valence-electron chi connectivity index (χ4n) is 2.56. The molecule has 0 N–H and O–H groups in total. The fourth-order valence-corrected chi connectivity index (χ4v) is 4.22. The van der Waals surface area contributed by atoms with Crippen molar-refractivity contribution in [2.24, 2.45) is 0 Å². The maximum Gasteiger partial charge on any atom is 0.246 e. The molecule has 6 nitrogen and oxygen atoms in total. The highest BCUT2D eigenvalue weighted by Crippen LogP contribution is 2.28. The van der Waals surface area contributed by atoms with E-state index in [9.17, 15) is 8.42 Å². The molecule has 0 radical (unpaired) electrons. The summed E-state index contributed by atoms with van der Waals surface area (Å²) in [6.07, 6.45) is 6.55. The van der Waals surface area contributed by atoms with Crippen LogP contribution in [0, 0.1) is 0 Å². The summed E-state index contributed by atoms with van der Waals surface area (Å²) in [5.41, 5.74) is 0. The standard InChI is InChI=1S/C13H21ClN4O2S/c1-17(2)7-8-18(11-5-3-4-6-11)21(19,20)12-9-15-13(14)16-10-12/h9-11H,3-8H2,1-2H3. The third kappa shape index (κ3) is 4.12. The Hall–Kier alpha value is -0.760. The van der Waals surface area contributed by atoms with Crippen LogP contribution in [0.1, 0.15) is 25.7 Å². The van der Waals surface area contributed by atoms with Crippen LogP contribution in [0.3, 0.4) is 0 Å². The molecule has 0 bridgehead atoms. The Morgan fingerprint density at radius 3 is 2.29 bits per heavy atom. The first-order valence-electron chi connectivity index (χ1n) is 7.05. The summed E-state index contributed by atoms with van der Waals surface area (Å²) in [7, 11) is 0.297. The number of halogens is 1. The second-order valence-electron chi connectivity index (χ2n) is 5.55. The van der Waals surface area contributed by atoms with Crippen LogP contribution in [-0.4, -0.2) is 60.8 Å². The Balaban J connectivity index is 2.26. The third-order valence-corrected chi connectivity index (χ3v) is 5.80. The monoisotopic (exact) mass is 332 g/mol. The highest BCUT2D eigenvalue weighted by molar-refractivity contribution is 7.89. The molecular weight excluding hydrogens is 312 g/mol. The van der Waals surface area contributed by atoms with E-state index in [2.05, 4.69) is 9.97 Å². The minimum Gasteiger partial charge on any atom is -0.308 e. The van der Waals surface area contributed by atoms with E-state index >= 15 is 0 Å². The number of rotatable bonds is 6. The van der Waals surface area contributed by atoms with Crippen LogP contribution in [0.4, 0.5) is 0 Å². The number of hydrogen-bond donors (Lipinski definition) is 0. The molecular formula is C13H21ClN4O2S. The van der Waals surface area contributed by atoms with Gasteiger partial charge in [0.2, 0.25) is 15.3 Å². The average molecular weight is 333 g/mol. The van der Waals surface area contributed by atoms with E-state index in [-0.39, 0.29) is 16.2 Å². The summed E-state index contributed by atoms with van der Waals surface area (Å²) in [6.45, 7) is 1.16. The van der Waals surface area contributed by atoms with Crippen LogP contribution in [0.2, 0.25) is 5.28 Å². The van der Waals surface area contributed by atoms with Gasteiger partial charge in [0.05, 0.1) is 12.4 Å². The van der Waals surface area contributed by atoms with E-state index in [1.807, 2.05) is 19.0 Å². The lowest BCUT2D eigenvalue weighted by Crippen LogP contribution is -2.42. The van der Waals surface area contributed by atoms with Gasteiger partial charge in [0, 0.05) is 19.1 Å². The van der Waals surface area contributed by atoms with Crippen LogP contribution in [0.5, 0.6) is 0 Å². The molecule has 1 aliphatic rings. The third-order valence-electron chi connectivity index (χ3n) is 3.70. The molecule has 0 atom stereocenters. The Morgan fingerprint density at radius 1 is 1.19 bits per heavy atom. The van der Waals surface area contributed by atoms with Gasteiger partial charge >= 0.3 is 0 Å². The van der Waals surface area contributed by atoms with Crippen LogP contribution in [-0.2, 0) is 10.0 Å². The first kappa shape index (κ1) is 16.6. The Bertz CT molecular complexity index is 556. The van der Waals surface area contributed by atoms with E-state index < -0.39 is 10.0 Å². The molecule has 0 amide bonds. The number of nitrogens with zero attached hydrogens (tertiary/aromatic N) is 4. The summed E-state index contributed by atoms with van der Waals surface area (Å²) in [6, 6.07) is 0.0747. The highest BCUT2D eigenvalue weighted by Gasteiger charge is 2.33. The molecule has 0 spiro atoms. The zero-order valence-corrected chi connectivity index (χ0v) is 13.9. The first-order valence-corrected chi connectivity index (χ1v) is 8.87. The van der Waals surface area contributed by atoms with Gasteiger partial charge < -0.3 is 4.90 Å². The zero-order valence-electron chi connectivity index (χ0n) is 12.4. The van der Waals surface area contributed by atoms with Crippen molar-refractivity contribution < 1.29 is 8.42 Å². The van der Waals surface area contributed by atoms with Crippen molar-refractivity contribution in [3.8, 4) is 0 Å². The molecule has 1 heterocycles. The summed E-state index contributed by atoms with van der Waals surface area (Å²) in [5, 5.41) is 0.0506. The molecule has 1 saturated carbocycles. The quantitative estimate of drug-likeness (QED) is 0.741. The van der Waals surface area contributed by atoms with E-state index in [0.29, 0.717) is 13.1 Å². The number of likely N-dealkylation sites (N-methyl/N-ethyl adjacent to an activating group) is 1. The Morgan fingerprint density at radius 2 is 1.76 bits per heavy atom. The second kappa shape index (κ2) is 7.00. The van der Waals surface area contributed by atoms with Gasteiger partial charge in [-0.3, -0.25) is 0 Å². The molecule has 0 unspecified atom stereocenters. The molecule has 0 aliphatic heterocycles.